The first-order chi connectivity index (χ1) is 8.59. The van der Waals surface area contributed by atoms with Crippen LogP contribution in [0.25, 0.3) is 0 Å². The molecule has 91 valence electrons. The van der Waals surface area contributed by atoms with Crippen molar-refractivity contribution in [3.05, 3.63) is 48.0 Å². The Labute approximate surface area is 103 Å². The van der Waals surface area contributed by atoms with Crippen molar-refractivity contribution in [2.24, 2.45) is 0 Å². The minimum Gasteiger partial charge on any atom is -0.504 e. The summed E-state index contributed by atoms with van der Waals surface area (Å²) in [6, 6.07) is 10.6. The van der Waals surface area contributed by atoms with Crippen LogP contribution in [0.5, 0.6) is 17.2 Å². The van der Waals surface area contributed by atoms with Gasteiger partial charge < -0.3 is 15.5 Å². The Hall–Kier alpha value is -2.69. The molecule has 0 atom stereocenters. The minimum absolute atomic E-state index is 0.473. The Bertz CT molecular complexity index is 581. The molecule has 1 amide bonds. The van der Waals surface area contributed by atoms with Crippen molar-refractivity contribution < 1.29 is 20.1 Å². The molecule has 5 heteroatoms. The quantitative estimate of drug-likeness (QED) is 0.709. The summed E-state index contributed by atoms with van der Waals surface area (Å²) >= 11 is 0. The maximum Gasteiger partial charge on any atom is 0.263 e. The number of aromatic hydroxyl groups is 2. The number of anilines is 1. The molecule has 0 unspecified atom stereocenters. The van der Waals surface area contributed by atoms with Gasteiger partial charge >= 0.3 is 0 Å². The van der Waals surface area contributed by atoms with Crippen LogP contribution in [0.2, 0.25) is 0 Å². The van der Waals surface area contributed by atoms with E-state index in [-0.39, 0.29) is 0 Å². The highest BCUT2D eigenvalue weighted by Crippen LogP contribution is 2.35. The SMILES string of the molecule is [O]c1ccc(O)c(O)c1C(=O)Nc1ccccc1. The van der Waals surface area contributed by atoms with Crippen LogP contribution in [0, 0.1) is 0 Å². The van der Waals surface area contributed by atoms with Crippen LogP contribution in [0.3, 0.4) is 0 Å². The van der Waals surface area contributed by atoms with Crippen LogP contribution in [0.15, 0.2) is 42.5 Å². The number of phenolic OH excluding ortho intramolecular Hbond substituents is 2. The third-order valence-corrected chi connectivity index (χ3v) is 2.38. The number of nitrogens with one attached hydrogen (secondary N) is 1. The molecule has 0 bridgehead atoms. The molecule has 2 aromatic rings. The highest BCUT2D eigenvalue weighted by molar-refractivity contribution is 6.08. The molecule has 0 heterocycles. The third kappa shape index (κ3) is 2.20. The summed E-state index contributed by atoms with van der Waals surface area (Å²) < 4.78 is 0. The van der Waals surface area contributed by atoms with E-state index in [0.29, 0.717) is 5.69 Å². The molecule has 2 aromatic carbocycles. The second kappa shape index (κ2) is 4.67. The van der Waals surface area contributed by atoms with E-state index in [0.717, 1.165) is 12.1 Å². The number of benzene rings is 2. The number of hydrogen-bond donors (Lipinski definition) is 3. The van der Waals surface area contributed by atoms with E-state index in [1.165, 1.54) is 0 Å². The summed E-state index contributed by atoms with van der Waals surface area (Å²) in [7, 11) is 0. The first kappa shape index (κ1) is 11.8. The van der Waals surface area contributed by atoms with Gasteiger partial charge in [0.05, 0.1) is 0 Å². The maximum absolute atomic E-state index is 11.8. The largest absolute Gasteiger partial charge is 0.504 e. The van der Waals surface area contributed by atoms with E-state index < -0.39 is 28.7 Å². The molecule has 3 N–H and O–H groups in total. The maximum atomic E-state index is 11.8. The molecule has 5 nitrogen and oxygen atoms in total. The summed E-state index contributed by atoms with van der Waals surface area (Å²) in [5.41, 5.74) is 0.0171. The predicted octanol–water partition coefficient (Wildman–Crippen LogP) is 2.49. The Morgan fingerprint density at radius 3 is 2.33 bits per heavy atom. The monoisotopic (exact) mass is 244 g/mol. The Morgan fingerprint density at radius 1 is 1.00 bits per heavy atom. The Balaban J connectivity index is 2.33. The van der Waals surface area contributed by atoms with E-state index in [1.807, 2.05) is 0 Å². The smallest absolute Gasteiger partial charge is 0.263 e. The zero-order valence-electron chi connectivity index (χ0n) is 9.25. The lowest BCUT2D eigenvalue weighted by molar-refractivity contribution is 0.101. The molecule has 0 fully saturated rings. The average Bonchev–Trinajstić information content (AvgIpc) is 2.36. The van der Waals surface area contributed by atoms with Crippen molar-refractivity contribution in [2.75, 3.05) is 5.32 Å². The first-order valence-electron chi connectivity index (χ1n) is 5.18. The van der Waals surface area contributed by atoms with Gasteiger partial charge in [-0.25, -0.2) is 0 Å². The molecule has 0 aliphatic heterocycles. The van der Waals surface area contributed by atoms with Crippen LogP contribution >= 0.6 is 0 Å². The van der Waals surface area contributed by atoms with Crippen LogP contribution in [0.1, 0.15) is 10.4 Å². The van der Waals surface area contributed by atoms with Gasteiger partial charge in [0.2, 0.25) is 0 Å². The fourth-order valence-corrected chi connectivity index (χ4v) is 1.50. The van der Waals surface area contributed by atoms with Crippen molar-refractivity contribution in [2.45, 2.75) is 0 Å². The van der Waals surface area contributed by atoms with Gasteiger partial charge in [-0.2, -0.15) is 0 Å². The molecule has 0 aromatic heterocycles. The highest BCUT2D eigenvalue weighted by atomic mass is 16.3. The summed E-state index contributed by atoms with van der Waals surface area (Å²) in [4.78, 5) is 11.8. The van der Waals surface area contributed by atoms with E-state index in [1.54, 1.807) is 30.3 Å². The predicted molar refractivity (Wildman–Crippen MR) is 64.3 cm³/mol. The lowest BCUT2D eigenvalue weighted by Gasteiger charge is -2.08. The van der Waals surface area contributed by atoms with Crippen molar-refractivity contribution in [3.63, 3.8) is 0 Å². The second-order valence-corrected chi connectivity index (χ2v) is 3.63. The third-order valence-electron chi connectivity index (χ3n) is 2.38. The molecule has 1 radical (unpaired) electrons. The van der Waals surface area contributed by atoms with Gasteiger partial charge in [-0.1, -0.05) is 18.2 Å². The molecule has 18 heavy (non-hydrogen) atoms. The van der Waals surface area contributed by atoms with Crippen LogP contribution < -0.4 is 5.32 Å². The van der Waals surface area contributed by atoms with Gasteiger partial charge in [0.1, 0.15) is 5.56 Å². The van der Waals surface area contributed by atoms with Crippen molar-refractivity contribution in [1.82, 2.24) is 0 Å². The molecule has 2 rings (SSSR count). The topological polar surface area (TPSA) is 89.5 Å². The normalized spacial score (nSPS) is 10.0. The Kier molecular flexibility index (Phi) is 3.05. The van der Waals surface area contributed by atoms with Gasteiger partial charge in [0, 0.05) is 5.69 Å². The van der Waals surface area contributed by atoms with Crippen LogP contribution in [0.4, 0.5) is 5.69 Å². The summed E-state index contributed by atoms with van der Waals surface area (Å²) in [6.07, 6.45) is 0. The molecule has 0 aliphatic carbocycles. The van der Waals surface area contributed by atoms with Gasteiger partial charge in [0.15, 0.2) is 17.2 Å². The molecular weight excluding hydrogens is 234 g/mol. The van der Waals surface area contributed by atoms with Crippen molar-refractivity contribution in [1.29, 1.82) is 0 Å². The zero-order chi connectivity index (χ0) is 13.1. The molecule has 0 saturated heterocycles. The summed E-state index contributed by atoms with van der Waals surface area (Å²) in [5, 5.41) is 32.7. The molecular formula is C13H10NO4. The van der Waals surface area contributed by atoms with Crippen molar-refractivity contribution in [3.8, 4) is 17.2 Å². The second-order valence-electron chi connectivity index (χ2n) is 3.63. The number of hydrogen-bond acceptors (Lipinski definition) is 3. The highest BCUT2D eigenvalue weighted by Gasteiger charge is 2.20. The van der Waals surface area contributed by atoms with Gasteiger partial charge in [-0.05, 0) is 24.3 Å². The van der Waals surface area contributed by atoms with Gasteiger partial charge in [-0.15, -0.1) is 0 Å². The number of phenols is 2. The summed E-state index contributed by atoms with van der Waals surface area (Å²) in [6.45, 7) is 0. The van der Waals surface area contributed by atoms with E-state index >= 15 is 0 Å². The number of para-hydroxylation sites is 1. The fourth-order valence-electron chi connectivity index (χ4n) is 1.50. The molecule has 0 aliphatic rings. The average molecular weight is 244 g/mol. The minimum atomic E-state index is -0.764. The first-order valence-corrected chi connectivity index (χ1v) is 5.18. The Morgan fingerprint density at radius 2 is 1.67 bits per heavy atom. The number of carbonyl (C=O) groups is 1. The van der Waals surface area contributed by atoms with E-state index in [2.05, 4.69) is 5.32 Å². The van der Waals surface area contributed by atoms with Gasteiger partial charge in [0.25, 0.3) is 5.91 Å². The number of amides is 1. The standard InChI is InChI=1S/C13H10NO4/c15-9-6-7-10(16)12(17)11(9)13(18)14-8-4-2-1-3-5-8/h1-7,16-17H,(H,14,18). The van der Waals surface area contributed by atoms with Crippen molar-refractivity contribution >= 4 is 11.6 Å². The lowest BCUT2D eigenvalue weighted by atomic mass is 10.1. The number of rotatable bonds is 2. The molecule has 0 saturated carbocycles. The van der Waals surface area contributed by atoms with Gasteiger partial charge in [-0.3, -0.25) is 9.90 Å². The summed E-state index contributed by atoms with van der Waals surface area (Å²) in [5.74, 6) is -2.64. The lowest BCUT2D eigenvalue weighted by Crippen LogP contribution is -2.12. The van der Waals surface area contributed by atoms with E-state index in [4.69, 9.17) is 0 Å². The van der Waals surface area contributed by atoms with E-state index in [9.17, 15) is 20.1 Å². The fraction of sp³-hybridized carbons (Fsp3) is 0. The number of carbonyl (C=O) groups excluding carboxylic acids is 1. The van der Waals surface area contributed by atoms with Crippen LogP contribution in [-0.4, -0.2) is 16.1 Å². The molecule has 0 spiro atoms. The zero-order valence-corrected chi connectivity index (χ0v) is 9.25. The van der Waals surface area contributed by atoms with Crippen LogP contribution in [-0.2, 0) is 5.11 Å².